The van der Waals surface area contributed by atoms with E-state index in [4.69, 9.17) is 0 Å². The van der Waals surface area contributed by atoms with Crippen molar-refractivity contribution in [3.05, 3.63) is 169 Å². The molecule has 0 heterocycles. The third kappa shape index (κ3) is 5.07. The summed E-state index contributed by atoms with van der Waals surface area (Å²) in [6, 6.07) is 3.74. The zero-order valence-electron chi connectivity index (χ0n) is 27.6. The van der Waals surface area contributed by atoms with Crippen LogP contribution >= 0.6 is 0 Å². The topological polar surface area (TPSA) is 399 Å². The number of hydrogen-bond donors (Lipinski definition) is 1. The predicted octanol–water partition coefficient (Wildman–Crippen LogP) is 5.51. The lowest BCUT2D eigenvalue weighted by atomic mass is 9.87. The summed E-state index contributed by atoms with van der Waals surface area (Å²) in [5.74, 6) is -7.36. The minimum atomic E-state index is -2.23. The van der Waals surface area contributed by atoms with Crippen molar-refractivity contribution in [2.75, 3.05) is 0 Å². The van der Waals surface area contributed by atoms with Gasteiger partial charge in [-0.25, -0.2) is 0 Å². The van der Waals surface area contributed by atoms with Crippen LogP contribution in [0, 0.1) is 80.9 Å². The number of non-ortho nitro benzene ring substituents is 4. The number of nitro benzene ring substituents is 8. The SMILES string of the molecule is O=C1C(=O)C(C2c3cc([N+](=O)[O-])cc([N+](=O)[O-])c3-c3c2cc([N+](=O)[O-])cc3[N+](=O)[O-])=C(O)C1=C1c2cc([N+](=O)[O-])cc([N+](=O)[O-])c2-c2c1cc([N+](=O)[O-])cc2[N+](=O)[O-]. The minimum absolute atomic E-state index is 0.371. The molecule has 58 heavy (non-hydrogen) atoms. The molecule has 0 unspecified atom stereocenters. The fraction of sp³-hybridized carbons (Fsp3) is 0.0323. The molecule has 0 aromatic heterocycles. The minimum Gasteiger partial charge on any atom is -0.507 e. The number of ketones is 2. The molecule has 0 atom stereocenters. The molecular formula is C31H10N8O19. The first-order valence-electron chi connectivity index (χ1n) is 15.3. The second-order valence-electron chi connectivity index (χ2n) is 12.3. The number of nitrogens with zero attached hydrogens (tertiary/aromatic N) is 8. The molecule has 0 saturated heterocycles. The Labute approximate surface area is 313 Å². The molecular weight excluding hydrogens is 788 g/mol. The Morgan fingerprint density at radius 3 is 1.02 bits per heavy atom. The largest absolute Gasteiger partial charge is 0.507 e. The fourth-order valence-electron chi connectivity index (χ4n) is 7.39. The molecule has 27 heteroatoms. The lowest BCUT2D eigenvalue weighted by Crippen LogP contribution is -2.15. The van der Waals surface area contributed by atoms with Crippen molar-refractivity contribution in [2.24, 2.45) is 0 Å². The van der Waals surface area contributed by atoms with Gasteiger partial charge in [0.05, 0.1) is 97.1 Å². The van der Waals surface area contributed by atoms with Crippen molar-refractivity contribution < 1.29 is 54.1 Å². The van der Waals surface area contributed by atoms with Gasteiger partial charge in [-0.15, -0.1) is 0 Å². The smallest absolute Gasteiger partial charge is 0.284 e. The van der Waals surface area contributed by atoms with E-state index >= 15 is 0 Å². The quantitative estimate of drug-likeness (QED) is 0.0830. The molecule has 0 fully saturated rings. The van der Waals surface area contributed by atoms with E-state index in [-0.39, 0.29) is 0 Å². The fourth-order valence-corrected chi connectivity index (χ4v) is 7.39. The van der Waals surface area contributed by atoms with E-state index in [9.17, 15) is 95.6 Å². The Morgan fingerprint density at radius 2 is 0.707 bits per heavy atom. The number of carbonyl (C=O) groups excluding carboxylic acids is 2. The predicted molar refractivity (Wildman–Crippen MR) is 185 cm³/mol. The molecule has 0 amide bonds. The summed E-state index contributed by atoms with van der Waals surface area (Å²) >= 11 is 0. The van der Waals surface area contributed by atoms with Gasteiger partial charge in [-0.2, -0.15) is 0 Å². The zero-order valence-corrected chi connectivity index (χ0v) is 27.6. The Morgan fingerprint density at radius 1 is 0.397 bits per heavy atom. The lowest BCUT2D eigenvalue weighted by molar-refractivity contribution is -0.395. The Balaban J connectivity index is 1.69. The first-order valence-corrected chi connectivity index (χ1v) is 15.3. The van der Waals surface area contributed by atoms with Crippen LogP contribution in [0.15, 0.2) is 65.4 Å². The second-order valence-corrected chi connectivity index (χ2v) is 12.3. The monoisotopic (exact) mass is 798 g/mol. The average Bonchev–Trinajstić information content (AvgIpc) is 3.72. The van der Waals surface area contributed by atoms with Gasteiger partial charge < -0.3 is 5.11 Å². The standard InChI is InChI=1S/C31H10N8O19/c40-29-27(21-13-1-9(32(43)44)5-17(36(51)52)23(13)24-14(21)2-10(33(45)46)6-18(24)37(53)54)30(41)31(42)28(29)22-15-3-11(34(47)48)7-19(38(55)56)25(15)26-16(22)4-12(35(49)50)8-20(26)39(57)58/h1-8,21,40H. The number of carbonyl (C=O) groups is 2. The van der Waals surface area contributed by atoms with Gasteiger partial charge in [-0.1, -0.05) is 0 Å². The van der Waals surface area contributed by atoms with Gasteiger partial charge in [0.2, 0.25) is 11.6 Å². The average molecular weight is 798 g/mol. The zero-order chi connectivity index (χ0) is 42.6. The van der Waals surface area contributed by atoms with Crippen molar-refractivity contribution in [3.8, 4) is 22.3 Å². The van der Waals surface area contributed by atoms with E-state index < -0.39 is 169 Å². The van der Waals surface area contributed by atoms with Gasteiger partial charge >= 0.3 is 0 Å². The van der Waals surface area contributed by atoms with E-state index in [0.29, 0.717) is 48.5 Å². The van der Waals surface area contributed by atoms with Gasteiger partial charge in [-0.3, -0.25) is 90.5 Å². The molecule has 7 rings (SSSR count). The van der Waals surface area contributed by atoms with Crippen LogP contribution < -0.4 is 0 Å². The van der Waals surface area contributed by atoms with E-state index in [1.165, 1.54) is 0 Å². The molecule has 3 aliphatic carbocycles. The van der Waals surface area contributed by atoms with E-state index in [1.807, 2.05) is 0 Å². The Bertz CT molecular complexity index is 2770. The summed E-state index contributed by atoms with van der Waals surface area (Å²) < 4.78 is 0. The highest BCUT2D eigenvalue weighted by atomic mass is 16.7. The molecule has 27 nitrogen and oxygen atoms in total. The van der Waals surface area contributed by atoms with Crippen molar-refractivity contribution >= 4 is 62.6 Å². The highest BCUT2D eigenvalue weighted by Gasteiger charge is 2.52. The summed E-state index contributed by atoms with van der Waals surface area (Å²) in [6.45, 7) is 0. The molecule has 0 saturated carbocycles. The number of hydrogen-bond acceptors (Lipinski definition) is 19. The van der Waals surface area contributed by atoms with E-state index in [0.717, 1.165) is 0 Å². The second kappa shape index (κ2) is 12.4. The van der Waals surface area contributed by atoms with Crippen LogP contribution in [0.4, 0.5) is 45.5 Å². The van der Waals surface area contributed by atoms with Crippen molar-refractivity contribution in [2.45, 2.75) is 5.92 Å². The summed E-state index contributed by atoms with van der Waals surface area (Å²) in [7, 11) is 0. The van der Waals surface area contributed by atoms with Crippen LogP contribution in [0.1, 0.15) is 28.2 Å². The molecule has 0 radical (unpaired) electrons. The van der Waals surface area contributed by atoms with Crippen molar-refractivity contribution in [3.63, 3.8) is 0 Å². The molecule has 0 spiro atoms. The van der Waals surface area contributed by atoms with Crippen LogP contribution in [0.5, 0.6) is 0 Å². The molecule has 4 aromatic rings. The first kappa shape index (κ1) is 37.0. The van der Waals surface area contributed by atoms with Gasteiger partial charge in [0, 0.05) is 46.9 Å². The number of nitro groups is 8. The van der Waals surface area contributed by atoms with E-state index in [2.05, 4.69) is 0 Å². The maximum atomic E-state index is 14.1. The van der Waals surface area contributed by atoms with Gasteiger partial charge in [-0.05, 0) is 11.1 Å². The van der Waals surface area contributed by atoms with Crippen LogP contribution in [0.2, 0.25) is 0 Å². The third-order valence-corrected chi connectivity index (χ3v) is 9.47. The van der Waals surface area contributed by atoms with Crippen molar-refractivity contribution in [1.82, 2.24) is 0 Å². The molecule has 1 N–H and O–H groups in total. The van der Waals surface area contributed by atoms with Gasteiger partial charge in [0.25, 0.3) is 45.5 Å². The summed E-state index contributed by atoms with van der Waals surface area (Å²) in [5, 5.41) is 109. The molecule has 0 bridgehead atoms. The molecule has 288 valence electrons. The maximum Gasteiger partial charge on any atom is 0.284 e. The van der Waals surface area contributed by atoms with Crippen LogP contribution in [0.3, 0.4) is 0 Å². The Kier molecular flexibility index (Phi) is 7.90. The van der Waals surface area contributed by atoms with Crippen LogP contribution in [-0.4, -0.2) is 56.1 Å². The summed E-state index contributed by atoms with van der Waals surface area (Å²) in [5.41, 5.74) is -18.9. The lowest BCUT2D eigenvalue weighted by Gasteiger charge is -2.14. The third-order valence-electron chi connectivity index (χ3n) is 9.47. The summed E-state index contributed by atoms with van der Waals surface area (Å²) in [4.78, 5) is 116. The van der Waals surface area contributed by atoms with Crippen molar-refractivity contribution in [1.29, 1.82) is 0 Å². The number of Topliss-reactive ketones (excluding diaryl/α,β-unsaturated/α-hetero) is 2. The van der Waals surface area contributed by atoms with Crippen LogP contribution in [0.25, 0.3) is 27.8 Å². The summed E-state index contributed by atoms with van der Waals surface area (Å²) in [6.07, 6.45) is 0. The highest BCUT2D eigenvalue weighted by molar-refractivity contribution is 6.55. The Hall–Kier alpha value is -9.30. The first-order chi connectivity index (χ1) is 27.2. The molecule has 3 aliphatic rings. The number of fused-ring (bicyclic) bond motifs is 6. The highest BCUT2D eigenvalue weighted by Crippen LogP contribution is 2.60. The normalized spacial score (nSPS) is 13.9. The number of aliphatic hydroxyl groups is 1. The van der Waals surface area contributed by atoms with Gasteiger partial charge in [0.15, 0.2) is 0 Å². The van der Waals surface area contributed by atoms with Crippen LogP contribution in [-0.2, 0) is 9.59 Å². The maximum absolute atomic E-state index is 14.1. The number of rotatable bonds is 9. The number of allylic oxidation sites excluding steroid dienone is 2. The molecule has 4 aromatic carbocycles. The molecule has 0 aliphatic heterocycles. The van der Waals surface area contributed by atoms with E-state index in [1.54, 1.807) is 0 Å². The number of benzene rings is 4. The van der Waals surface area contributed by atoms with Gasteiger partial charge in [0.1, 0.15) is 5.76 Å². The number of aliphatic hydroxyl groups excluding tert-OH is 1.